The molecular formula is C62H52N2S2. The summed E-state index contributed by atoms with van der Waals surface area (Å²) in [5.74, 6) is 2.98. The number of aryl methyl sites for hydroxylation is 4. The molecule has 5 aliphatic carbocycles. The first-order chi connectivity index (χ1) is 33.5. The van der Waals surface area contributed by atoms with Gasteiger partial charge in [0.05, 0.1) is 0 Å². The standard InChI is InChI=1S/C62H52N2S2/c1-36-5-13-44(14-6-36)63(45-15-7-37(2)8-16-45)48-21-23-50-54-34-53-51-25-26-56-60(61(51)62(55(53)35-59(54)66-57(50)32-48)42-28-40-27-41(30-42)31-43(62)29-40)52-24-22-49(33-58(52)65-56)64(46-17-9-38(3)10-18-46)47-19-11-39(4)12-20-47/h5-26,32-35,40-43H,27-31H2,1-4H3/i3D3. The Morgan fingerprint density at radius 2 is 0.879 bits per heavy atom. The Bertz CT molecular complexity index is 3620. The molecule has 4 saturated carbocycles. The molecule has 5 aliphatic rings. The maximum absolute atomic E-state index is 8.03. The summed E-state index contributed by atoms with van der Waals surface area (Å²) in [6.07, 6.45) is 6.77. The molecular weight excluding hydrogens is 837 g/mol. The minimum absolute atomic E-state index is 0.00801. The van der Waals surface area contributed by atoms with Gasteiger partial charge in [-0.3, -0.25) is 0 Å². The Morgan fingerprint density at radius 1 is 0.424 bits per heavy atom. The third-order valence-electron chi connectivity index (χ3n) is 16.3. The number of nitrogens with zero attached hydrogens (tertiary/aromatic N) is 2. The summed E-state index contributed by atoms with van der Waals surface area (Å²) in [7, 11) is 0. The zero-order chi connectivity index (χ0) is 46.5. The molecule has 8 aromatic carbocycles. The Labute approximate surface area is 400 Å². The molecule has 0 aliphatic heterocycles. The molecule has 0 saturated heterocycles. The van der Waals surface area contributed by atoms with E-state index in [1.54, 1.807) is 23.3 Å². The van der Waals surface area contributed by atoms with Gasteiger partial charge in [-0.05, 0) is 197 Å². The van der Waals surface area contributed by atoms with Gasteiger partial charge in [-0.15, -0.1) is 22.7 Å². The first-order valence-electron chi connectivity index (χ1n) is 25.4. The normalized spacial score (nSPS) is 22.3. The molecule has 4 heteroatoms. The molecule has 4 fully saturated rings. The molecule has 4 bridgehead atoms. The monoisotopic (exact) mass is 891 g/mol. The van der Waals surface area contributed by atoms with Crippen molar-refractivity contribution in [2.45, 2.75) is 65.1 Å². The number of hydrogen-bond donors (Lipinski definition) is 0. The molecule has 2 heterocycles. The Morgan fingerprint density at radius 3 is 1.41 bits per heavy atom. The lowest BCUT2D eigenvalue weighted by atomic mass is 9.43. The van der Waals surface area contributed by atoms with Gasteiger partial charge in [0.15, 0.2) is 0 Å². The van der Waals surface area contributed by atoms with Crippen LogP contribution in [0.2, 0.25) is 0 Å². The summed E-state index contributed by atoms with van der Waals surface area (Å²) in [5.41, 5.74) is 16.8. The van der Waals surface area contributed by atoms with Gasteiger partial charge < -0.3 is 9.80 Å². The Balaban J connectivity index is 0.941. The predicted octanol–water partition coefficient (Wildman–Crippen LogP) is 18.3. The highest BCUT2D eigenvalue weighted by Gasteiger charge is 2.62. The van der Waals surface area contributed by atoms with Crippen LogP contribution in [0.1, 0.15) is 69.6 Å². The molecule has 66 heavy (non-hydrogen) atoms. The van der Waals surface area contributed by atoms with Crippen LogP contribution in [0.3, 0.4) is 0 Å². The van der Waals surface area contributed by atoms with Gasteiger partial charge in [0.25, 0.3) is 0 Å². The van der Waals surface area contributed by atoms with Crippen LogP contribution in [0.5, 0.6) is 0 Å². The van der Waals surface area contributed by atoms with Gasteiger partial charge in [-0.2, -0.15) is 0 Å². The highest BCUT2D eigenvalue weighted by atomic mass is 32.1. The maximum atomic E-state index is 8.03. The summed E-state index contributed by atoms with van der Waals surface area (Å²) in [6, 6.07) is 58.3. The molecule has 322 valence electrons. The van der Waals surface area contributed by atoms with E-state index in [4.69, 9.17) is 4.11 Å². The van der Waals surface area contributed by atoms with E-state index in [1.165, 1.54) is 117 Å². The third-order valence-corrected chi connectivity index (χ3v) is 18.5. The van der Waals surface area contributed by atoms with Crippen LogP contribution < -0.4 is 9.80 Å². The van der Waals surface area contributed by atoms with E-state index < -0.39 is 6.85 Å². The fourth-order valence-electron chi connectivity index (χ4n) is 13.7. The van der Waals surface area contributed by atoms with E-state index in [9.17, 15) is 0 Å². The fraction of sp³-hybridized carbons (Fsp3) is 0.226. The van der Waals surface area contributed by atoms with E-state index in [0.717, 1.165) is 28.9 Å². The van der Waals surface area contributed by atoms with Crippen molar-refractivity contribution < 1.29 is 4.11 Å². The average Bonchev–Trinajstić information content (AvgIpc) is 3.99. The summed E-state index contributed by atoms with van der Waals surface area (Å²) in [6.45, 7) is 4.27. The lowest BCUT2D eigenvalue weighted by molar-refractivity contribution is -0.0392. The second kappa shape index (κ2) is 14.4. The van der Waals surface area contributed by atoms with Crippen molar-refractivity contribution in [3.63, 3.8) is 0 Å². The fourth-order valence-corrected chi connectivity index (χ4v) is 16.0. The molecule has 0 unspecified atom stereocenters. The summed E-state index contributed by atoms with van der Waals surface area (Å²) in [5, 5.41) is 5.52. The molecule has 0 N–H and O–H groups in total. The average molecular weight is 892 g/mol. The van der Waals surface area contributed by atoms with Crippen molar-refractivity contribution in [2.24, 2.45) is 23.7 Å². The van der Waals surface area contributed by atoms with Gasteiger partial charge in [-0.25, -0.2) is 0 Å². The Kier molecular flexibility index (Phi) is 7.85. The van der Waals surface area contributed by atoms with E-state index in [1.807, 2.05) is 34.8 Å². The maximum Gasteiger partial charge on any atom is 0.0476 e. The zero-order valence-electron chi connectivity index (χ0n) is 40.6. The summed E-state index contributed by atoms with van der Waals surface area (Å²) >= 11 is 3.90. The van der Waals surface area contributed by atoms with E-state index in [-0.39, 0.29) is 5.41 Å². The first-order valence-corrected chi connectivity index (χ1v) is 25.5. The topological polar surface area (TPSA) is 6.48 Å². The van der Waals surface area contributed by atoms with Crippen LogP contribution in [0.15, 0.2) is 158 Å². The smallest absolute Gasteiger partial charge is 0.0476 e. The molecule has 0 atom stereocenters. The second-order valence-corrected chi connectivity index (χ2v) is 22.4. The number of thiophene rings is 2. The minimum atomic E-state index is -2.15. The zero-order valence-corrected chi connectivity index (χ0v) is 39.2. The van der Waals surface area contributed by atoms with Crippen LogP contribution >= 0.6 is 22.7 Å². The molecule has 2 nitrogen and oxygen atoms in total. The number of benzene rings is 8. The van der Waals surface area contributed by atoms with Crippen molar-refractivity contribution in [1.29, 1.82) is 0 Å². The molecule has 15 rings (SSSR count). The van der Waals surface area contributed by atoms with Crippen LogP contribution in [0.25, 0.3) is 51.5 Å². The summed E-state index contributed by atoms with van der Waals surface area (Å²) < 4.78 is 29.5. The van der Waals surface area contributed by atoms with Gasteiger partial charge in [0, 0.05) is 84.0 Å². The van der Waals surface area contributed by atoms with Crippen molar-refractivity contribution >= 4 is 97.1 Å². The molecule has 2 aromatic heterocycles. The predicted molar refractivity (Wildman–Crippen MR) is 284 cm³/mol. The SMILES string of the molecule is [2H]C([2H])([2H])c1ccc(N(c2ccc(C)cc2)c2ccc3c(c2)sc2ccc4c(c23)C2(c3cc5sc6cc(N(c7ccc(C)cc7)c7ccc(C)cc7)ccc6c5cc3-4)C3CC4CC(C3)CC2C4)cc1. The van der Waals surface area contributed by atoms with Gasteiger partial charge in [0.1, 0.15) is 0 Å². The highest BCUT2D eigenvalue weighted by molar-refractivity contribution is 7.26. The van der Waals surface area contributed by atoms with E-state index in [2.05, 4.69) is 164 Å². The van der Waals surface area contributed by atoms with Crippen molar-refractivity contribution in [2.75, 3.05) is 9.80 Å². The van der Waals surface area contributed by atoms with Crippen LogP contribution in [0.4, 0.5) is 34.1 Å². The number of fused-ring (bicyclic) bond motifs is 10. The first kappa shape index (κ1) is 36.0. The lowest BCUT2D eigenvalue weighted by Crippen LogP contribution is -2.55. The van der Waals surface area contributed by atoms with Gasteiger partial charge >= 0.3 is 0 Å². The van der Waals surface area contributed by atoms with Crippen molar-refractivity contribution in [3.8, 4) is 11.1 Å². The molecule has 0 radical (unpaired) electrons. The largest absolute Gasteiger partial charge is 0.310 e. The van der Waals surface area contributed by atoms with Crippen molar-refractivity contribution in [3.05, 3.63) is 191 Å². The van der Waals surface area contributed by atoms with Crippen LogP contribution in [0, 0.1) is 51.3 Å². The van der Waals surface area contributed by atoms with Crippen molar-refractivity contribution in [1.82, 2.24) is 0 Å². The number of hydrogen-bond acceptors (Lipinski definition) is 4. The quantitative estimate of drug-likeness (QED) is 0.164. The van der Waals surface area contributed by atoms with Gasteiger partial charge in [-0.1, -0.05) is 89.0 Å². The van der Waals surface area contributed by atoms with Crippen LogP contribution in [-0.2, 0) is 5.41 Å². The second-order valence-electron chi connectivity index (χ2n) is 20.2. The Hall–Kier alpha value is -6.20. The molecule has 0 amide bonds. The molecule has 10 aromatic rings. The molecule has 1 spiro atoms. The minimum Gasteiger partial charge on any atom is -0.310 e. The third kappa shape index (κ3) is 5.70. The van der Waals surface area contributed by atoms with Crippen LogP contribution in [-0.4, -0.2) is 0 Å². The van der Waals surface area contributed by atoms with E-state index >= 15 is 0 Å². The lowest BCUT2D eigenvalue weighted by Gasteiger charge is -2.61. The highest BCUT2D eigenvalue weighted by Crippen LogP contribution is 2.71. The number of anilines is 6. The van der Waals surface area contributed by atoms with E-state index in [0.29, 0.717) is 17.4 Å². The summed E-state index contributed by atoms with van der Waals surface area (Å²) in [4.78, 5) is 4.68. The number of rotatable bonds is 6. The van der Waals surface area contributed by atoms with Gasteiger partial charge in [0.2, 0.25) is 0 Å².